The Kier molecular flexibility index (Phi) is 7.93. The molecule has 1 saturated heterocycles. The molecule has 0 spiro atoms. The van der Waals surface area contributed by atoms with Crippen molar-refractivity contribution in [3.63, 3.8) is 0 Å². The van der Waals surface area contributed by atoms with Gasteiger partial charge in [0.25, 0.3) is 5.91 Å². The van der Waals surface area contributed by atoms with Crippen LogP contribution in [0.1, 0.15) is 41.6 Å². The van der Waals surface area contributed by atoms with Crippen LogP contribution in [0.4, 0.5) is 8.78 Å². The monoisotopic (exact) mass is 458 g/mol. The molecule has 1 amide bonds. The summed E-state index contributed by atoms with van der Waals surface area (Å²) in [5.41, 5.74) is 0.971. The molecule has 178 valence electrons. The molecule has 33 heavy (non-hydrogen) atoms. The van der Waals surface area contributed by atoms with Crippen molar-refractivity contribution in [2.75, 3.05) is 39.9 Å². The van der Waals surface area contributed by atoms with Gasteiger partial charge in [0.15, 0.2) is 11.6 Å². The van der Waals surface area contributed by atoms with Crippen molar-refractivity contribution in [2.24, 2.45) is 5.92 Å². The third kappa shape index (κ3) is 5.89. The number of methoxy groups -OCH3 is 1. The van der Waals surface area contributed by atoms with Crippen molar-refractivity contribution < 1.29 is 23.0 Å². The Balaban J connectivity index is 1.52. The summed E-state index contributed by atoms with van der Waals surface area (Å²) in [7, 11) is 1.74. The second kappa shape index (κ2) is 11.1. The van der Waals surface area contributed by atoms with Crippen molar-refractivity contribution in [3.05, 3.63) is 65.2 Å². The Hall–Kier alpha value is -2.51. The molecule has 0 aliphatic carbocycles. The van der Waals surface area contributed by atoms with Gasteiger partial charge in [-0.1, -0.05) is 24.6 Å². The molecular formula is C26H32F2N2O3. The largest absolute Gasteiger partial charge is 0.492 e. The first-order chi connectivity index (χ1) is 16.0. The fourth-order valence-electron chi connectivity index (χ4n) is 4.90. The van der Waals surface area contributed by atoms with Crippen LogP contribution >= 0.6 is 0 Å². The van der Waals surface area contributed by atoms with Gasteiger partial charge in [0.2, 0.25) is 0 Å². The number of carbonyl (C=O) groups is 1. The molecule has 0 N–H and O–H groups in total. The van der Waals surface area contributed by atoms with E-state index >= 15 is 0 Å². The Bertz CT molecular complexity index is 955. The van der Waals surface area contributed by atoms with Crippen LogP contribution < -0.4 is 4.74 Å². The Labute approximate surface area is 194 Å². The van der Waals surface area contributed by atoms with Crippen molar-refractivity contribution in [1.82, 2.24) is 9.80 Å². The lowest BCUT2D eigenvalue weighted by molar-refractivity contribution is -0.00677. The number of halogens is 2. The first kappa shape index (κ1) is 23.6. The number of rotatable bonds is 3. The van der Waals surface area contributed by atoms with Crippen molar-refractivity contribution in [3.8, 4) is 5.75 Å². The lowest BCUT2D eigenvalue weighted by Gasteiger charge is -2.38. The molecule has 2 aromatic carbocycles. The van der Waals surface area contributed by atoms with Gasteiger partial charge in [-0.2, -0.15) is 0 Å². The van der Waals surface area contributed by atoms with E-state index in [0.29, 0.717) is 49.7 Å². The van der Waals surface area contributed by atoms with E-state index in [2.05, 4.69) is 4.90 Å². The van der Waals surface area contributed by atoms with E-state index in [4.69, 9.17) is 9.47 Å². The molecular weight excluding hydrogens is 426 g/mol. The van der Waals surface area contributed by atoms with E-state index in [0.717, 1.165) is 38.3 Å². The van der Waals surface area contributed by atoms with E-state index in [1.54, 1.807) is 25.3 Å². The van der Waals surface area contributed by atoms with Crippen LogP contribution in [0, 0.1) is 17.6 Å². The molecule has 2 aliphatic heterocycles. The second-order valence-electron chi connectivity index (χ2n) is 8.94. The number of nitrogens with zero attached hydrogens (tertiary/aromatic N) is 2. The summed E-state index contributed by atoms with van der Waals surface area (Å²) in [4.78, 5) is 17.2. The average molecular weight is 459 g/mol. The maximum Gasteiger partial charge on any atom is 0.254 e. The Morgan fingerprint density at radius 1 is 1.06 bits per heavy atom. The van der Waals surface area contributed by atoms with E-state index < -0.39 is 11.6 Å². The van der Waals surface area contributed by atoms with Gasteiger partial charge in [0, 0.05) is 50.3 Å². The fourth-order valence-corrected chi connectivity index (χ4v) is 4.90. The van der Waals surface area contributed by atoms with Crippen LogP contribution in [-0.4, -0.2) is 61.7 Å². The molecule has 2 heterocycles. The van der Waals surface area contributed by atoms with Crippen molar-refractivity contribution >= 4 is 5.91 Å². The standard InChI is InChI=1S/C26H32F2N2O3/c1-32-24-11-13-30-18-20(24)6-2-3-12-29(17-21-8-5-10-23(27)25(21)28)14-15-33-22-9-4-7-19(16-22)26(30)31/h4-5,7-10,16,20,24H,2-3,6,11-15,17-18H2,1H3/t20-,24+/m0/s1. The Morgan fingerprint density at radius 3 is 2.76 bits per heavy atom. The minimum Gasteiger partial charge on any atom is -0.492 e. The molecule has 1 fully saturated rings. The fraction of sp³-hybridized carbons (Fsp3) is 0.500. The van der Waals surface area contributed by atoms with Crippen LogP contribution in [0.25, 0.3) is 0 Å². The molecule has 2 aliphatic rings. The van der Waals surface area contributed by atoms with Gasteiger partial charge >= 0.3 is 0 Å². The van der Waals surface area contributed by atoms with E-state index in [9.17, 15) is 13.6 Å². The highest BCUT2D eigenvalue weighted by Crippen LogP contribution is 2.27. The lowest BCUT2D eigenvalue weighted by Crippen LogP contribution is -2.46. The zero-order chi connectivity index (χ0) is 23.2. The highest BCUT2D eigenvalue weighted by atomic mass is 19.2. The second-order valence-corrected chi connectivity index (χ2v) is 8.94. The predicted molar refractivity (Wildman–Crippen MR) is 122 cm³/mol. The van der Waals surface area contributed by atoms with Gasteiger partial charge in [0.1, 0.15) is 12.4 Å². The summed E-state index contributed by atoms with van der Waals surface area (Å²) in [5, 5.41) is 0. The maximum atomic E-state index is 14.3. The van der Waals surface area contributed by atoms with Crippen molar-refractivity contribution in [2.45, 2.75) is 38.3 Å². The zero-order valence-electron chi connectivity index (χ0n) is 19.1. The summed E-state index contributed by atoms with van der Waals surface area (Å²) in [5.74, 6) is -0.665. The maximum absolute atomic E-state index is 14.3. The van der Waals surface area contributed by atoms with Crippen LogP contribution in [-0.2, 0) is 11.3 Å². The average Bonchev–Trinajstić information content (AvgIpc) is 2.83. The van der Waals surface area contributed by atoms with Gasteiger partial charge in [-0.05, 0) is 50.1 Å². The predicted octanol–water partition coefficient (Wildman–Crippen LogP) is 4.51. The quantitative estimate of drug-likeness (QED) is 0.679. The number of fused-ring (bicyclic) bond motifs is 4. The molecule has 4 bridgehead atoms. The summed E-state index contributed by atoms with van der Waals surface area (Å²) in [6.45, 7) is 3.42. The van der Waals surface area contributed by atoms with Crippen molar-refractivity contribution in [1.29, 1.82) is 0 Å². The number of benzene rings is 2. The topological polar surface area (TPSA) is 42.0 Å². The van der Waals surface area contributed by atoms with Gasteiger partial charge in [-0.3, -0.25) is 9.69 Å². The molecule has 0 aromatic heterocycles. The normalized spacial score (nSPS) is 22.9. The summed E-state index contributed by atoms with van der Waals surface area (Å²) in [6.07, 6.45) is 3.83. The van der Waals surface area contributed by atoms with E-state index in [-0.39, 0.29) is 17.9 Å². The molecule has 2 aromatic rings. The molecule has 0 saturated carbocycles. The number of piperidine rings is 1. The number of hydrogen-bond acceptors (Lipinski definition) is 4. The third-order valence-corrected chi connectivity index (χ3v) is 6.74. The highest BCUT2D eigenvalue weighted by Gasteiger charge is 2.31. The highest BCUT2D eigenvalue weighted by molar-refractivity contribution is 5.94. The van der Waals surface area contributed by atoms with Gasteiger partial charge in [-0.15, -0.1) is 0 Å². The number of hydrogen-bond donors (Lipinski definition) is 0. The first-order valence-electron chi connectivity index (χ1n) is 11.8. The van der Waals surface area contributed by atoms with Gasteiger partial charge < -0.3 is 14.4 Å². The zero-order valence-corrected chi connectivity index (χ0v) is 19.1. The van der Waals surface area contributed by atoms with Crippen LogP contribution in [0.5, 0.6) is 5.75 Å². The minimum atomic E-state index is -0.823. The van der Waals surface area contributed by atoms with Crippen LogP contribution in [0.3, 0.4) is 0 Å². The number of carbonyl (C=O) groups excluding carboxylic acids is 1. The molecule has 0 radical (unpaired) electrons. The molecule has 7 heteroatoms. The van der Waals surface area contributed by atoms with Crippen LogP contribution in [0.15, 0.2) is 42.5 Å². The molecule has 5 nitrogen and oxygen atoms in total. The Morgan fingerprint density at radius 2 is 1.91 bits per heavy atom. The van der Waals surface area contributed by atoms with Crippen LogP contribution in [0.2, 0.25) is 0 Å². The number of amides is 1. The summed E-state index contributed by atoms with van der Waals surface area (Å²) in [6, 6.07) is 11.6. The SMILES string of the molecule is CO[C@@H]1CCN2C[C@@H]1CCCCN(Cc1cccc(F)c1F)CCOc1cccc(c1)C2=O. The smallest absolute Gasteiger partial charge is 0.254 e. The molecule has 0 unspecified atom stereocenters. The minimum absolute atomic E-state index is 0.0260. The number of ether oxygens (including phenoxy) is 2. The van der Waals surface area contributed by atoms with Gasteiger partial charge in [-0.25, -0.2) is 8.78 Å². The summed E-state index contributed by atoms with van der Waals surface area (Å²) >= 11 is 0. The molecule has 2 atom stereocenters. The van der Waals surface area contributed by atoms with Gasteiger partial charge in [0.05, 0.1) is 6.10 Å². The molecule has 4 rings (SSSR count). The lowest BCUT2D eigenvalue weighted by atomic mass is 9.89. The third-order valence-electron chi connectivity index (χ3n) is 6.74. The van der Waals surface area contributed by atoms with E-state index in [1.165, 1.54) is 0 Å². The summed E-state index contributed by atoms with van der Waals surface area (Å²) < 4.78 is 39.6. The van der Waals surface area contributed by atoms with E-state index in [1.807, 2.05) is 23.1 Å². The first-order valence-corrected chi connectivity index (χ1v) is 11.8.